The Bertz CT molecular complexity index is 1110. The Hall–Kier alpha value is -3.64. The van der Waals surface area contributed by atoms with E-state index in [1.165, 1.54) is 36.4 Å². The maximum absolute atomic E-state index is 13.0. The van der Waals surface area contributed by atoms with Gasteiger partial charge >= 0.3 is 24.3 Å². The number of ether oxygens (including phenoxy) is 3. The molecule has 41 heavy (non-hydrogen) atoms. The van der Waals surface area contributed by atoms with Crippen LogP contribution in [0.1, 0.15) is 38.8 Å². The number of halogens is 6. The van der Waals surface area contributed by atoms with Gasteiger partial charge in [0.25, 0.3) is 0 Å². The van der Waals surface area contributed by atoms with E-state index in [2.05, 4.69) is 10.6 Å². The van der Waals surface area contributed by atoms with Gasteiger partial charge in [-0.05, 0) is 73.2 Å². The van der Waals surface area contributed by atoms with E-state index >= 15 is 0 Å². The van der Waals surface area contributed by atoms with E-state index in [0.717, 1.165) is 0 Å². The first-order valence-electron chi connectivity index (χ1n) is 12.7. The van der Waals surface area contributed by atoms with Crippen molar-refractivity contribution in [3.05, 3.63) is 47.5 Å². The van der Waals surface area contributed by atoms with E-state index in [1.54, 1.807) is 41.5 Å². The molecule has 0 aromatic heterocycles. The van der Waals surface area contributed by atoms with E-state index in [-0.39, 0.29) is 23.3 Å². The zero-order valence-corrected chi connectivity index (χ0v) is 23.5. The summed E-state index contributed by atoms with van der Waals surface area (Å²) >= 11 is 0. The summed E-state index contributed by atoms with van der Waals surface area (Å²) in [6, 6.07) is 6.67. The monoisotopic (exact) mass is 592 g/mol. The Morgan fingerprint density at radius 1 is 0.683 bits per heavy atom. The van der Waals surface area contributed by atoms with Crippen LogP contribution < -0.4 is 20.1 Å². The van der Waals surface area contributed by atoms with E-state index in [1.807, 2.05) is 0 Å². The van der Waals surface area contributed by atoms with Crippen LogP contribution in [0.4, 0.5) is 37.7 Å². The van der Waals surface area contributed by atoms with Gasteiger partial charge in [0.05, 0.1) is 0 Å². The minimum absolute atomic E-state index is 0.0350. The van der Waals surface area contributed by atoms with Gasteiger partial charge in [-0.3, -0.25) is 0 Å². The molecule has 2 N–H and O–H groups in total. The number of carbonyl (C=O) groups is 2. The Labute approximate surface area is 234 Å². The van der Waals surface area contributed by atoms with Crippen molar-refractivity contribution < 1.29 is 50.1 Å². The molecule has 2 unspecified atom stereocenters. The van der Waals surface area contributed by atoms with Crippen molar-refractivity contribution in [3.8, 4) is 11.5 Å². The molecule has 0 bridgehead atoms. The fourth-order valence-electron chi connectivity index (χ4n) is 3.70. The van der Waals surface area contributed by atoms with Gasteiger partial charge in [-0.1, -0.05) is 27.7 Å². The van der Waals surface area contributed by atoms with E-state index < -0.39 is 49.6 Å². The van der Waals surface area contributed by atoms with Gasteiger partial charge in [0.15, 0.2) is 13.2 Å². The topological polar surface area (TPSA) is 85.9 Å². The summed E-state index contributed by atoms with van der Waals surface area (Å²) in [5.41, 5.74) is 1.62. The molecule has 0 heterocycles. The van der Waals surface area contributed by atoms with E-state index in [4.69, 9.17) is 14.2 Å². The summed E-state index contributed by atoms with van der Waals surface area (Å²) in [5.74, 6) is -2.33. The molecule has 0 radical (unpaired) electrons. The van der Waals surface area contributed by atoms with Crippen LogP contribution in [0.15, 0.2) is 36.4 Å². The molecule has 2 aromatic carbocycles. The van der Waals surface area contributed by atoms with Gasteiger partial charge in [0.2, 0.25) is 0 Å². The number of carbonyl (C=O) groups excluding carboxylic acids is 2. The Balaban J connectivity index is 2.10. The predicted molar refractivity (Wildman–Crippen MR) is 141 cm³/mol. The molecule has 2 aromatic rings. The van der Waals surface area contributed by atoms with Gasteiger partial charge in [0, 0.05) is 11.4 Å². The largest absolute Gasteiger partial charge is 0.484 e. The van der Waals surface area contributed by atoms with Crippen LogP contribution in [-0.2, 0) is 14.3 Å². The highest BCUT2D eigenvalue weighted by molar-refractivity contribution is 5.93. The molecule has 0 amide bonds. The van der Waals surface area contributed by atoms with Crippen molar-refractivity contribution in [2.45, 2.75) is 66.0 Å². The lowest BCUT2D eigenvalue weighted by Gasteiger charge is -2.25. The standard InChI is InChI=1S/C28H34F6N2O5/c1-15(2)23(35-19-7-9-21(17(5)11-19)39-13-27(29,30)31)25(37)41-26(38)24(16(3)4)36-20-8-10-22(18(6)12-20)40-14-28(32,33)34/h7-12,15-16,23-24,35-36H,13-14H2,1-6H3. The third-order valence-electron chi connectivity index (χ3n) is 5.82. The molecular formula is C28H34F6N2O5. The van der Waals surface area contributed by atoms with Gasteiger partial charge in [-0.2, -0.15) is 26.3 Å². The smallest absolute Gasteiger partial charge is 0.422 e. The second kappa shape index (κ2) is 13.8. The first-order valence-corrected chi connectivity index (χ1v) is 12.7. The first-order chi connectivity index (χ1) is 18.9. The van der Waals surface area contributed by atoms with E-state index in [0.29, 0.717) is 22.5 Å². The first kappa shape index (κ1) is 33.6. The molecule has 7 nitrogen and oxygen atoms in total. The lowest BCUT2D eigenvalue weighted by Crippen LogP contribution is -2.42. The number of esters is 2. The molecule has 228 valence electrons. The van der Waals surface area contributed by atoms with Gasteiger partial charge in [0.1, 0.15) is 23.6 Å². The van der Waals surface area contributed by atoms with Crippen molar-refractivity contribution in [2.24, 2.45) is 11.8 Å². The molecule has 2 atom stereocenters. The Kier molecular flexibility index (Phi) is 11.3. The van der Waals surface area contributed by atoms with Crippen LogP contribution in [0.5, 0.6) is 11.5 Å². The zero-order chi connectivity index (χ0) is 31.1. The maximum atomic E-state index is 13.0. The fourth-order valence-corrected chi connectivity index (χ4v) is 3.70. The number of rotatable bonds is 12. The number of alkyl halides is 6. The van der Waals surface area contributed by atoms with Crippen LogP contribution >= 0.6 is 0 Å². The maximum Gasteiger partial charge on any atom is 0.422 e. The summed E-state index contributed by atoms with van der Waals surface area (Å²) in [6.45, 7) is 7.12. The molecule has 2 rings (SSSR count). The predicted octanol–water partition coefficient (Wildman–Crippen LogP) is 6.83. The number of hydrogen-bond acceptors (Lipinski definition) is 7. The third kappa shape index (κ3) is 11.0. The van der Waals surface area contributed by atoms with Crippen LogP contribution in [0.3, 0.4) is 0 Å². The number of hydrogen-bond donors (Lipinski definition) is 2. The number of aryl methyl sites for hydroxylation is 2. The van der Waals surface area contributed by atoms with Crippen molar-refractivity contribution in [2.75, 3.05) is 23.8 Å². The Morgan fingerprint density at radius 3 is 1.29 bits per heavy atom. The summed E-state index contributed by atoms with van der Waals surface area (Å²) < 4.78 is 89.6. The highest BCUT2D eigenvalue weighted by Crippen LogP contribution is 2.27. The third-order valence-corrected chi connectivity index (χ3v) is 5.82. The van der Waals surface area contributed by atoms with Crippen molar-refractivity contribution in [1.29, 1.82) is 0 Å². The van der Waals surface area contributed by atoms with Crippen molar-refractivity contribution in [3.63, 3.8) is 0 Å². The van der Waals surface area contributed by atoms with Gasteiger partial charge in [-0.15, -0.1) is 0 Å². The summed E-state index contributed by atoms with van der Waals surface area (Å²) in [7, 11) is 0. The molecule has 0 saturated carbocycles. The summed E-state index contributed by atoms with van der Waals surface area (Å²) in [6.07, 6.45) is -8.98. The minimum atomic E-state index is -4.49. The highest BCUT2D eigenvalue weighted by Gasteiger charge is 2.32. The van der Waals surface area contributed by atoms with Crippen LogP contribution in [0, 0.1) is 25.7 Å². The molecular weight excluding hydrogens is 558 g/mol. The quantitative estimate of drug-likeness (QED) is 0.159. The molecule has 0 saturated heterocycles. The molecule has 0 fully saturated rings. The molecule has 0 aliphatic rings. The fraction of sp³-hybridized carbons (Fsp3) is 0.500. The van der Waals surface area contributed by atoms with E-state index in [9.17, 15) is 35.9 Å². The molecule has 0 aliphatic heterocycles. The Morgan fingerprint density at radius 2 is 1.02 bits per heavy atom. The minimum Gasteiger partial charge on any atom is -0.484 e. The second-order valence-electron chi connectivity index (χ2n) is 10.2. The highest BCUT2D eigenvalue weighted by atomic mass is 19.4. The van der Waals surface area contributed by atoms with Crippen LogP contribution in [0.2, 0.25) is 0 Å². The van der Waals surface area contributed by atoms with Crippen molar-refractivity contribution in [1.82, 2.24) is 0 Å². The lowest BCUT2D eigenvalue weighted by molar-refractivity contribution is -0.162. The van der Waals surface area contributed by atoms with Crippen molar-refractivity contribution >= 4 is 23.3 Å². The van der Waals surface area contributed by atoms with Crippen LogP contribution in [0.25, 0.3) is 0 Å². The number of nitrogens with one attached hydrogen (secondary N) is 2. The average Bonchev–Trinajstić information content (AvgIpc) is 2.83. The average molecular weight is 593 g/mol. The molecule has 0 aliphatic carbocycles. The summed E-state index contributed by atoms with van der Waals surface area (Å²) in [5, 5.41) is 5.92. The SMILES string of the molecule is Cc1cc(NC(C(=O)OC(=O)C(Nc2ccc(OCC(F)(F)F)c(C)c2)C(C)C)C(C)C)ccc1OCC(F)(F)F. The van der Waals surface area contributed by atoms with Crippen LogP contribution in [-0.4, -0.2) is 49.6 Å². The second-order valence-corrected chi connectivity index (χ2v) is 10.2. The van der Waals surface area contributed by atoms with Gasteiger partial charge in [-0.25, -0.2) is 9.59 Å². The zero-order valence-electron chi connectivity index (χ0n) is 23.5. The number of anilines is 2. The molecule has 13 heteroatoms. The van der Waals surface area contributed by atoms with Gasteiger partial charge < -0.3 is 24.8 Å². The lowest BCUT2D eigenvalue weighted by atomic mass is 10.0. The number of benzene rings is 2. The summed E-state index contributed by atoms with van der Waals surface area (Å²) in [4.78, 5) is 26.0. The molecule has 0 spiro atoms. The normalized spacial score (nSPS) is 13.5.